The molecule has 2 N–H and O–H groups in total. The van der Waals surface area contributed by atoms with E-state index in [0.717, 1.165) is 25.7 Å². The van der Waals surface area contributed by atoms with Crippen molar-refractivity contribution in [1.82, 2.24) is 4.31 Å². The minimum Gasteiger partial charge on any atom is -0.389 e. The number of nitrogens with two attached hydrogens (primary N) is 1. The van der Waals surface area contributed by atoms with Gasteiger partial charge in [0.2, 0.25) is 10.0 Å². The smallest absolute Gasteiger partial charge is 0.244 e. The second kappa shape index (κ2) is 6.60. The number of halogens is 1. The molecule has 7 heteroatoms. The van der Waals surface area contributed by atoms with E-state index in [1.54, 1.807) is 13.1 Å². The van der Waals surface area contributed by atoms with Crippen LogP contribution in [0.2, 0.25) is 5.02 Å². The van der Waals surface area contributed by atoms with Gasteiger partial charge in [0.25, 0.3) is 0 Å². The van der Waals surface area contributed by atoms with Crippen LogP contribution < -0.4 is 5.73 Å². The summed E-state index contributed by atoms with van der Waals surface area (Å²) >= 11 is 11.0. The van der Waals surface area contributed by atoms with Gasteiger partial charge in [-0.25, -0.2) is 8.42 Å². The number of rotatable bonds is 4. The molecule has 0 aromatic heterocycles. The molecule has 0 aliphatic heterocycles. The molecule has 0 unspecified atom stereocenters. The molecule has 0 saturated heterocycles. The Hall–Kier alpha value is -0.690. The van der Waals surface area contributed by atoms with Crippen molar-refractivity contribution in [3.8, 4) is 0 Å². The quantitative estimate of drug-likeness (QED) is 0.851. The molecule has 0 spiro atoms. The molecule has 0 bridgehead atoms. The van der Waals surface area contributed by atoms with Gasteiger partial charge in [-0.3, -0.25) is 0 Å². The second-order valence-electron chi connectivity index (χ2n) is 5.32. The lowest BCUT2D eigenvalue weighted by molar-refractivity contribution is 0.286. The van der Waals surface area contributed by atoms with Crippen molar-refractivity contribution in [2.24, 2.45) is 5.73 Å². The predicted molar refractivity (Wildman–Crippen MR) is 89.2 cm³/mol. The summed E-state index contributed by atoms with van der Waals surface area (Å²) < 4.78 is 27.0. The number of hydrogen-bond acceptors (Lipinski definition) is 3. The molecule has 1 fully saturated rings. The first-order chi connectivity index (χ1) is 9.84. The number of nitrogens with zero attached hydrogens (tertiary/aromatic N) is 1. The van der Waals surface area contributed by atoms with E-state index in [1.807, 2.05) is 0 Å². The Bertz CT molecular complexity index is 640. The highest BCUT2D eigenvalue weighted by atomic mass is 35.5. The van der Waals surface area contributed by atoms with Crippen LogP contribution in [0, 0.1) is 0 Å². The largest absolute Gasteiger partial charge is 0.389 e. The van der Waals surface area contributed by atoms with Gasteiger partial charge >= 0.3 is 0 Å². The number of hydrogen-bond donors (Lipinski definition) is 1. The Kier molecular flexibility index (Phi) is 5.24. The Balaban J connectivity index is 2.38. The lowest BCUT2D eigenvalue weighted by Gasteiger charge is -2.30. The lowest BCUT2D eigenvalue weighted by atomic mass is 9.96. The molecule has 4 nitrogen and oxygen atoms in total. The van der Waals surface area contributed by atoms with Gasteiger partial charge in [0.15, 0.2) is 0 Å². The van der Waals surface area contributed by atoms with E-state index in [2.05, 4.69) is 0 Å². The van der Waals surface area contributed by atoms with Gasteiger partial charge in [-0.1, -0.05) is 49.1 Å². The van der Waals surface area contributed by atoms with Crippen molar-refractivity contribution in [3.05, 3.63) is 28.8 Å². The van der Waals surface area contributed by atoms with E-state index in [-0.39, 0.29) is 20.9 Å². The van der Waals surface area contributed by atoms with Crippen molar-refractivity contribution in [3.63, 3.8) is 0 Å². The number of sulfonamides is 1. The first kappa shape index (κ1) is 16.7. The molecule has 1 aromatic carbocycles. The molecule has 0 amide bonds. The fourth-order valence-corrected chi connectivity index (χ4v) is 4.69. The molecule has 1 aliphatic carbocycles. The molecule has 21 heavy (non-hydrogen) atoms. The van der Waals surface area contributed by atoms with Crippen molar-refractivity contribution in [1.29, 1.82) is 0 Å². The van der Waals surface area contributed by atoms with E-state index >= 15 is 0 Å². The SMILES string of the molecule is CN(C1CCCCC1)S(=O)(=O)c1cc(C(N)=S)ccc1Cl. The summed E-state index contributed by atoms with van der Waals surface area (Å²) in [5, 5.41) is 0.192. The van der Waals surface area contributed by atoms with Crippen molar-refractivity contribution >= 4 is 38.8 Å². The van der Waals surface area contributed by atoms with E-state index in [1.165, 1.54) is 22.9 Å². The van der Waals surface area contributed by atoms with Crippen LogP contribution >= 0.6 is 23.8 Å². The van der Waals surface area contributed by atoms with E-state index in [9.17, 15) is 8.42 Å². The van der Waals surface area contributed by atoms with Crippen LogP contribution in [0.1, 0.15) is 37.7 Å². The van der Waals surface area contributed by atoms with Crippen LogP contribution in [0.4, 0.5) is 0 Å². The highest BCUT2D eigenvalue weighted by molar-refractivity contribution is 7.89. The fraction of sp³-hybridized carbons (Fsp3) is 0.500. The van der Waals surface area contributed by atoms with Crippen molar-refractivity contribution in [2.45, 2.75) is 43.0 Å². The van der Waals surface area contributed by atoms with Gasteiger partial charge in [-0.15, -0.1) is 0 Å². The van der Waals surface area contributed by atoms with Gasteiger partial charge in [0, 0.05) is 18.7 Å². The molecular weight excluding hydrogens is 328 g/mol. The third-order valence-corrected chi connectivity index (χ3v) is 6.59. The maximum absolute atomic E-state index is 12.8. The van der Waals surface area contributed by atoms with Crippen molar-refractivity contribution in [2.75, 3.05) is 7.05 Å². The minimum atomic E-state index is -3.64. The molecule has 1 saturated carbocycles. The van der Waals surface area contributed by atoms with Crippen LogP contribution in [-0.2, 0) is 10.0 Å². The average Bonchev–Trinajstić information content (AvgIpc) is 2.47. The first-order valence-electron chi connectivity index (χ1n) is 6.91. The van der Waals surface area contributed by atoms with Gasteiger partial charge in [-0.05, 0) is 25.0 Å². The Morgan fingerprint density at radius 1 is 1.33 bits per heavy atom. The minimum absolute atomic E-state index is 0.0355. The standard InChI is InChI=1S/C14H19ClN2O2S2/c1-17(11-5-3-2-4-6-11)21(18,19)13-9-10(14(16)20)7-8-12(13)15/h7-9,11H,2-6H2,1H3,(H2,16,20). The number of thiocarbonyl (C=S) groups is 1. The summed E-state index contributed by atoms with van der Waals surface area (Å²) in [5.41, 5.74) is 6.08. The molecule has 0 radical (unpaired) electrons. The van der Waals surface area contributed by atoms with E-state index in [0.29, 0.717) is 5.56 Å². The van der Waals surface area contributed by atoms with Crippen LogP contribution in [-0.4, -0.2) is 30.8 Å². The van der Waals surface area contributed by atoms with Gasteiger partial charge < -0.3 is 5.73 Å². The monoisotopic (exact) mass is 346 g/mol. The zero-order valence-electron chi connectivity index (χ0n) is 11.9. The highest BCUT2D eigenvalue weighted by Crippen LogP contribution is 2.30. The third kappa shape index (κ3) is 3.56. The molecule has 0 atom stereocenters. The zero-order chi connectivity index (χ0) is 15.6. The first-order valence-corrected chi connectivity index (χ1v) is 9.14. The van der Waals surface area contributed by atoms with Crippen LogP contribution in [0.25, 0.3) is 0 Å². The third-order valence-electron chi connectivity index (χ3n) is 3.96. The summed E-state index contributed by atoms with van der Waals surface area (Å²) in [5.74, 6) is 0. The summed E-state index contributed by atoms with van der Waals surface area (Å²) in [7, 11) is -2.02. The fourth-order valence-electron chi connectivity index (χ4n) is 2.65. The normalized spacial score (nSPS) is 17.1. The van der Waals surface area contributed by atoms with E-state index < -0.39 is 10.0 Å². The van der Waals surface area contributed by atoms with Gasteiger partial charge in [0.05, 0.1) is 5.02 Å². The summed E-state index contributed by atoms with van der Waals surface area (Å²) in [4.78, 5) is 0.228. The molecular formula is C14H19ClN2O2S2. The van der Waals surface area contributed by atoms with E-state index in [4.69, 9.17) is 29.6 Å². The Morgan fingerprint density at radius 3 is 2.52 bits per heavy atom. The molecule has 116 valence electrons. The van der Waals surface area contributed by atoms with Crippen molar-refractivity contribution < 1.29 is 8.42 Å². The molecule has 2 rings (SSSR count). The highest BCUT2D eigenvalue weighted by Gasteiger charge is 2.30. The van der Waals surface area contributed by atoms with Gasteiger partial charge in [-0.2, -0.15) is 4.31 Å². The predicted octanol–water partition coefficient (Wildman–Crippen LogP) is 2.93. The summed E-state index contributed by atoms with van der Waals surface area (Å²) in [6.45, 7) is 0. The average molecular weight is 347 g/mol. The Labute approximate surface area is 136 Å². The topological polar surface area (TPSA) is 63.4 Å². The zero-order valence-corrected chi connectivity index (χ0v) is 14.3. The van der Waals surface area contributed by atoms with Crippen LogP contribution in [0.3, 0.4) is 0 Å². The number of benzene rings is 1. The maximum Gasteiger partial charge on any atom is 0.244 e. The lowest BCUT2D eigenvalue weighted by Crippen LogP contribution is -2.38. The summed E-state index contributed by atoms with van der Waals surface area (Å²) in [6, 6.07) is 4.65. The Morgan fingerprint density at radius 2 is 1.95 bits per heavy atom. The van der Waals surface area contributed by atoms with Crippen LogP contribution in [0.5, 0.6) is 0 Å². The maximum atomic E-state index is 12.8. The second-order valence-corrected chi connectivity index (χ2v) is 8.14. The van der Waals surface area contributed by atoms with Gasteiger partial charge in [0.1, 0.15) is 9.88 Å². The van der Waals surface area contributed by atoms with Crippen LogP contribution in [0.15, 0.2) is 23.1 Å². The molecule has 0 heterocycles. The summed E-state index contributed by atoms with van der Waals surface area (Å²) in [6.07, 6.45) is 5.07. The molecule has 1 aromatic rings. The molecule has 1 aliphatic rings.